The molecule has 1 aromatic heterocycles. The molecule has 1 saturated heterocycles. The summed E-state index contributed by atoms with van der Waals surface area (Å²) in [6.45, 7) is 4.16. The van der Waals surface area contributed by atoms with Crippen LogP contribution in [0.4, 0.5) is 0 Å². The number of hydrogen-bond donors (Lipinski definition) is 0. The molecule has 0 aromatic carbocycles. The summed E-state index contributed by atoms with van der Waals surface area (Å²) in [6, 6.07) is 2.86. The fraction of sp³-hybridized carbons (Fsp3) is 0.611. The molecule has 5 rings (SSSR count). The maximum Gasteiger partial charge on any atom is 0.226 e. The maximum absolute atomic E-state index is 12.7. The Kier molecular flexibility index (Phi) is 2.99. The van der Waals surface area contributed by atoms with Crippen molar-refractivity contribution < 1.29 is 4.79 Å². The van der Waals surface area contributed by atoms with Gasteiger partial charge in [0.25, 0.3) is 0 Å². The van der Waals surface area contributed by atoms with E-state index in [2.05, 4.69) is 33.4 Å². The highest BCUT2D eigenvalue weighted by Crippen LogP contribution is 2.44. The number of fused-ring (bicyclic) bond motifs is 3. The molecule has 116 valence electrons. The predicted octanol–water partition coefficient (Wildman–Crippen LogP) is 2.53. The minimum Gasteiger partial charge on any atom is -0.339 e. The molecule has 1 amide bonds. The van der Waals surface area contributed by atoms with E-state index in [9.17, 15) is 4.79 Å². The number of thiophene rings is 1. The number of hydrogen-bond acceptors (Lipinski definition) is 3. The van der Waals surface area contributed by atoms with Crippen LogP contribution in [0.3, 0.4) is 0 Å². The molecule has 1 aromatic rings. The normalized spacial score (nSPS) is 34.0. The van der Waals surface area contributed by atoms with Crippen molar-refractivity contribution >= 4 is 17.2 Å². The first-order chi connectivity index (χ1) is 10.8. The van der Waals surface area contributed by atoms with E-state index in [1.54, 1.807) is 4.88 Å². The van der Waals surface area contributed by atoms with Gasteiger partial charge in [0.1, 0.15) is 0 Å². The molecule has 2 bridgehead atoms. The Morgan fingerprint density at radius 3 is 2.91 bits per heavy atom. The zero-order chi connectivity index (χ0) is 14.7. The van der Waals surface area contributed by atoms with Crippen molar-refractivity contribution in [3.63, 3.8) is 0 Å². The van der Waals surface area contributed by atoms with E-state index in [0.29, 0.717) is 29.7 Å². The van der Waals surface area contributed by atoms with Gasteiger partial charge in [-0.1, -0.05) is 12.2 Å². The fourth-order valence-electron chi connectivity index (χ4n) is 4.75. The summed E-state index contributed by atoms with van der Waals surface area (Å²) in [5.41, 5.74) is 1.51. The number of rotatable bonds is 2. The summed E-state index contributed by atoms with van der Waals surface area (Å²) in [5, 5.41) is 2.22. The largest absolute Gasteiger partial charge is 0.339 e. The van der Waals surface area contributed by atoms with E-state index in [1.807, 2.05) is 11.3 Å². The highest BCUT2D eigenvalue weighted by Gasteiger charge is 2.45. The lowest BCUT2D eigenvalue weighted by Crippen LogP contribution is -2.62. The van der Waals surface area contributed by atoms with Crippen molar-refractivity contribution in [2.24, 2.45) is 17.8 Å². The Balaban J connectivity index is 1.19. The first-order valence-corrected chi connectivity index (χ1v) is 9.42. The molecular weight excluding hydrogens is 292 g/mol. The molecule has 3 unspecified atom stereocenters. The molecule has 3 atom stereocenters. The van der Waals surface area contributed by atoms with Gasteiger partial charge in [-0.25, -0.2) is 0 Å². The highest BCUT2D eigenvalue weighted by molar-refractivity contribution is 7.10. The summed E-state index contributed by atoms with van der Waals surface area (Å²) >= 11 is 1.90. The van der Waals surface area contributed by atoms with Crippen molar-refractivity contribution in [3.8, 4) is 0 Å². The summed E-state index contributed by atoms with van der Waals surface area (Å²) < 4.78 is 0. The van der Waals surface area contributed by atoms with E-state index in [0.717, 1.165) is 32.6 Å². The minimum atomic E-state index is 0.292. The molecule has 3 nitrogen and oxygen atoms in total. The van der Waals surface area contributed by atoms with Gasteiger partial charge in [0, 0.05) is 43.0 Å². The third-order valence-corrected chi connectivity index (χ3v) is 7.15. The maximum atomic E-state index is 12.7. The highest BCUT2D eigenvalue weighted by atomic mass is 32.1. The topological polar surface area (TPSA) is 23.6 Å². The second-order valence-corrected chi connectivity index (χ2v) is 8.37. The van der Waals surface area contributed by atoms with Gasteiger partial charge in [-0.3, -0.25) is 9.69 Å². The molecular formula is C18H22N2OS. The molecule has 2 aliphatic heterocycles. The first-order valence-electron chi connectivity index (χ1n) is 8.54. The molecule has 4 aliphatic rings. The van der Waals surface area contributed by atoms with Crippen LogP contribution in [0.1, 0.15) is 23.3 Å². The van der Waals surface area contributed by atoms with Crippen LogP contribution in [0.15, 0.2) is 23.6 Å². The van der Waals surface area contributed by atoms with Crippen LogP contribution in [0.2, 0.25) is 0 Å². The third kappa shape index (κ3) is 2.00. The lowest BCUT2D eigenvalue weighted by molar-refractivity contribution is -0.144. The van der Waals surface area contributed by atoms with Crippen LogP contribution in [0.25, 0.3) is 0 Å². The van der Waals surface area contributed by atoms with Crippen LogP contribution in [0.5, 0.6) is 0 Å². The Morgan fingerprint density at radius 2 is 2.14 bits per heavy atom. The average molecular weight is 314 g/mol. The number of likely N-dealkylation sites (tertiary alicyclic amines) is 1. The van der Waals surface area contributed by atoms with Crippen molar-refractivity contribution in [2.75, 3.05) is 19.6 Å². The lowest BCUT2D eigenvalue weighted by Gasteiger charge is -2.47. The van der Waals surface area contributed by atoms with Gasteiger partial charge in [-0.05, 0) is 48.1 Å². The van der Waals surface area contributed by atoms with Crippen LogP contribution >= 0.6 is 11.3 Å². The quantitative estimate of drug-likeness (QED) is 0.783. The zero-order valence-electron chi connectivity index (χ0n) is 12.8. The van der Waals surface area contributed by atoms with Crippen molar-refractivity contribution in [1.82, 2.24) is 9.80 Å². The Morgan fingerprint density at radius 1 is 1.23 bits per heavy atom. The van der Waals surface area contributed by atoms with Gasteiger partial charge in [0.05, 0.1) is 0 Å². The van der Waals surface area contributed by atoms with Crippen LogP contribution in [0, 0.1) is 17.8 Å². The molecule has 0 N–H and O–H groups in total. The molecule has 0 radical (unpaired) electrons. The summed E-state index contributed by atoms with van der Waals surface area (Å²) in [5.74, 6) is 1.96. The van der Waals surface area contributed by atoms with Crippen molar-refractivity contribution in [2.45, 2.75) is 31.8 Å². The molecule has 22 heavy (non-hydrogen) atoms. The zero-order valence-corrected chi connectivity index (χ0v) is 13.6. The SMILES string of the molecule is O=C(C1CC2C=CC1C2)N1CC(N2CCc3sccc3C2)C1. The number of carbonyl (C=O) groups is 1. The van der Waals surface area contributed by atoms with Gasteiger partial charge in [-0.15, -0.1) is 11.3 Å². The van der Waals surface area contributed by atoms with E-state index < -0.39 is 0 Å². The van der Waals surface area contributed by atoms with Crippen LogP contribution in [-0.4, -0.2) is 41.4 Å². The molecule has 0 spiro atoms. The number of amides is 1. The number of allylic oxidation sites excluding steroid dienone is 2. The first kappa shape index (κ1) is 13.3. The van der Waals surface area contributed by atoms with Gasteiger partial charge in [0.15, 0.2) is 0 Å². The molecule has 4 heteroatoms. The predicted molar refractivity (Wildman–Crippen MR) is 87.6 cm³/mol. The smallest absolute Gasteiger partial charge is 0.226 e. The number of carbonyl (C=O) groups excluding carboxylic acids is 1. The Labute approximate surface area is 135 Å². The second-order valence-electron chi connectivity index (χ2n) is 7.37. The molecule has 3 heterocycles. The minimum absolute atomic E-state index is 0.292. The van der Waals surface area contributed by atoms with Crippen molar-refractivity contribution in [1.29, 1.82) is 0 Å². The van der Waals surface area contributed by atoms with E-state index in [4.69, 9.17) is 0 Å². The standard InChI is InChI=1S/C18H22N2OS/c21-18(16-8-12-1-2-13(16)7-12)20-10-15(11-20)19-5-3-17-14(9-19)4-6-22-17/h1-2,4,6,12-13,15-16H,3,5,7-11H2. The van der Waals surface area contributed by atoms with Crippen molar-refractivity contribution in [3.05, 3.63) is 34.0 Å². The Bertz CT molecular complexity index is 631. The van der Waals surface area contributed by atoms with Gasteiger partial charge in [0.2, 0.25) is 5.91 Å². The number of nitrogens with zero attached hydrogens (tertiary/aromatic N) is 2. The molecule has 1 saturated carbocycles. The Hall–Kier alpha value is -1.13. The van der Waals surface area contributed by atoms with Gasteiger partial charge in [-0.2, -0.15) is 0 Å². The molecule has 2 aliphatic carbocycles. The lowest BCUT2D eigenvalue weighted by atomic mass is 9.90. The fourth-order valence-corrected chi connectivity index (χ4v) is 5.64. The van der Waals surface area contributed by atoms with Gasteiger partial charge < -0.3 is 4.90 Å². The van der Waals surface area contributed by atoms with E-state index >= 15 is 0 Å². The van der Waals surface area contributed by atoms with E-state index in [-0.39, 0.29) is 0 Å². The summed E-state index contributed by atoms with van der Waals surface area (Å²) in [7, 11) is 0. The van der Waals surface area contributed by atoms with Gasteiger partial charge >= 0.3 is 0 Å². The molecule has 2 fully saturated rings. The van der Waals surface area contributed by atoms with E-state index in [1.165, 1.54) is 18.4 Å². The van der Waals surface area contributed by atoms with Crippen LogP contribution < -0.4 is 0 Å². The second kappa shape index (κ2) is 4.93. The monoisotopic (exact) mass is 314 g/mol. The summed E-state index contributed by atoms with van der Waals surface area (Å²) in [6.07, 6.45) is 8.12. The average Bonchev–Trinajstić information content (AvgIpc) is 3.21. The third-order valence-electron chi connectivity index (χ3n) is 6.12. The summed E-state index contributed by atoms with van der Waals surface area (Å²) in [4.78, 5) is 18.9. The van der Waals surface area contributed by atoms with Crippen LogP contribution in [-0.2, 0) is 17.8 Å².